The maximum absolute atomic E-state index is 13.3. The summed E-state index contributed by atoms with van der Waals surface area (Å²) in [5, 5.41) is 3.20. The number of benzene rings is 1. The minimum Gasteiger partial charge on any atom is -0.494 e. The van der Waals surface area contributed by atoms with E-state index < -0.39 is 0 Å². The molecule has 1 aliphatic heterocycles. The highest BCUT2D eigenvalue weighted by molar-refractivity contribution is 5.29. The van der Waals surface area contributed by atoms with Gasteiger partial charge in [-0.3, -0.25) is 0 Å². The Hall–Kier alpha value is -1.09. The average molecular weight is 195 g/mol. The van der Waals surface area contributed by atoms with Gasteiger partial charge in [0.2, 0.25) is 0 Å². The zero-order valence-electron chi connectivity index (χ0n) is 8.22. The normalized spacial score (nSPS) is 16.4. The van der Waals surface area contributed by atoms with E-state index in [0.29, 0.717) is 11.7 Å². The molecule has 0 amide bonds. The summed E-state index contributed by atoms with van der Waals surface area (Å²) in [6.45, 7) is 2.10. The summed E-state index contributed by atoms with van der Waals surface area (Å²) in [5.74, 6) is 0.723. The van der Waals surface area contributed by atoms with Crippen molar-refractivity contribution in [2.24, 2.45) is 5.92 Å². The van der Waals surface area contributed by atoms with Gasteiger partial charge in [-0.1, -0.05) is 6.07 Å². The van der Waals surface area contributed by atoms with Crippen molar-refractivity contribution >= 4 is 0 Å². The highest BCUT2D eigenvalue weighted by Gasteiger charge is 2.17. The Kier molecular flexibility index (Phi) is 2.68. The molecule has 2 rings (SSSR count). The van der Waals surface area contributed by atoms with Crippen LogP contribution >= 0.6 is 0 Å². The van der Waals surface area contributed by atoms with Crippen molar-refractivity contribution in [1.29, 1.82) is 0 Å². The fourth-order valence-corrected chi connectivity index (χ4v) is 1.66. The van der Waals surface area contributed by atoms with Gasteiger partial charge < -0.3 is 10.1 Å². The van der Waals surface area contributed by atoms with Crippen LogP contribution in [0.4, 0.5) is 4.39 Å². The topological polar surface area (TPSA) is 21.3 Å². The molecule has 14 heavy (non-hydrogen) atoms. The van der Waals surface area contributed by atoms with E-state index in [-0.39, 0.29) is 5.82 Å². The number of methoxy groups -OCH3 is 1. The Morgan fingerprint density at radius 1 is 1.50 bits per heavy atom. The van der Waals surface area contributed by atoms with E-state index in [2.05, 4.69) is 5.32 Å². The largest absolute Gasteiger partial charge is 0.494 e. The minimum absolute atomic E-state index is 0.266. The van der Waals surface area contributed by atoms with Crippen molar-refractivity contribution in [3.8, 4) is 5.75 Å². The van der Waals surface area contributed by atoms with Crippen LogP contribution < -0.4 is 10.1 Å². The molecule has 0 bridgehead atoms. The fourth-order valence-electron chi connectivity index (χ4n) is 1.66. The van der Waals surface area contributed by atoms with Gasteiger partial charge in [0.05, 0.1) is 7.11 Å². The highest BCUT2D eigenvalue weighted by Crippen LogP contribution is 2.20. The molecule has 1 N–H and O–H groups in total. The number of halogens is 1. The molecule has 1 heterocycles. The molecule has 1 fully saturated rings. The summed E-state index contributed by atoms with van der Waals surface area (Å²) >= 11 is 0. The Balaban J connectivity index is 2.07. The number of nitrogens with one attached hydrogen (secondary N) is 1. The Morgan fingerprint density at radius 3 is 2.79 bits per heavy atom. The van der Waals surface area contributed by atoms with E-state index in [0.717, 1.165) is 25.1 Å². The molecule has 0 radical (unpaired) electrons. The van der Waals surface area contributed by atoms with Crippen LogP contribution in [0, 0.1) is 11.7 Å². The van der Waals surface area contributed by atoms with Crippen molar-refractivity contribution in [1.82, 2.24) is 5.32 Å². The summed E-state index contributed by atoms with van der Waals surface area (Å²) in [6.07, 6.45) is 0.952. The summed E-state index contributed by atoms with van der Waals surface area (Å²) in [4.78, 5) is 0. The van der Waals surface area contributed by atoms with Gasteiger partial charge in [0, 0.05) is 0 Å². The average Bonchev–Trinajstić information content (AvgIpc) is 2.12. The zero-order valence-corrected chi connectivity index (χ0v) is 8.22. The van der Waals surface area contributed by atoms with Gasteiger partial charge in [0.25, 0.3) is 0 Å². The van der Waals surface area contributed by atoms with Gasteiger partial charge >= 0.3 is 0 Å². The van der Waals surface area contributed by atoms with E-state index in [9.17, 15) is 4.39 Å². The van der Waals surface area contributed by atoms with Crippen molar-refractivity contribution in [3.63, 3.8) is 0 Å². The van der Waals surface area contributed by atoms with Crippen LogP contribution in [0.25, 0.3) is 0 Å². The maximum atomic E-state index is 13.3. The van der Waals surface area contributed by atoms with Gasteiger partial charge in [-0.15, -0.1) is 0 Å². The summed E-state index contributed by atoms with van der Waals surface area (Å²) in [7, 11) is 1.48. The molecule has 1 aliphatic rings. The van der Waals surface area contributed by atoms with E-state index in [4.69, 9.17) is 4.74 Å². The molecule has 1 aromatic carbocycles. The molecule has 1 aromatic rings. The number of rotatable bonds is 3. The summed E-state index contributed by atoms with van der Waals surface area (Å²) in [6, 6.07) is 5.19. The van der Waals surface area contributed by atoms with Crippen molar-refractivity contribution < 1.29 is 9.13 Å². The predicted molar refractivity (Wildman–Crippen MR) is 53.0 cm³/mol. The Labute approximate surface area is 83.1 Å². The molecular formula is C11H14FNO. The molecule has 0 unspecified atom stereocenters. The van der Waals surface area contributed by atoms with Gasteiger partial charge in [-0.2, -0.15) is 0 Å². The van der Waals surface area contributed by atoms with E-state index in [1.54, 1.807) is 12.1 Å². The smallest absolute Gasteiger partial charge is 0.165 e. The molecule has 76 valence electrons. The third kappa shape index (κ3) is 1.87. The molecule has 2 nitrogen and oxygen atoms in total. The van der Waals surface area contributed by atoms with Crippen LogP contribution in [0.15, 0.2) is 18.2 Å². The van der Waals surface area contributed by atoms with Crippen LogP contribution in [0.2, 0.25) is 0 Å². The molecule has 3 heteroatoms. The second-order valence-corrected chi connectivity index (χ2v) is 3.70. The first-order valence-corrected chi connectivity index (χ1v) is 4.82. The highest BCUT2D eigenvalue weighted by atomic mass is 19.1. The lowest BCUT2D eigenvalue weighted by Gasteiger charge is -2.27. The molecule has 0 aromatic heterocycles. The lowest BCUT2D eigenvalue weighted by molar-refractivity contribution is 0.345. The van der Waals surface area contributed by atoms with Gasteiger partial charge in [0.1, 0.15) is 0 Å². The predicted octanol–water partition coefficient (Wildman–Crippen LogP) is 1.60. The molecule has 0 aliphatic carbocycles. The van der Waals surface area contributed by atoms with E-state index in [1.807, 2.05) is 6.07 Å². The standard InChI is InChI=1S/C11H14FNO/c1-14-11-3-2-8(5-10(11)12)4-9-6-13-7-9/h2-3,5,9,13H,4,6-7H2,1H3. The van der Waals surface area contributed by atoms with Crippen LogP contribution in [0.5, 0.6) is 5.75 Å². The first kappa shape index (κ1) is 9.46. The SMILES string of the molecule is COc1ccc(CC2CNC2)cc1F. The minimum atomic E-state index is -0.266. The monoisotopic (exact) mass is 195 g/mol. The van der Waals surface area contributed by atoms with Gasteiger partial charge in [0.15, 0.2) is 11.6 Å². The molecule has 0 atom stereocenters. The molecule has 0 spiro atoms. The second kappa shape index (κ2) is 3.96. The maximum Gasteiger partial charge on any atom is 0.165 e. The molecular weight excluding hydrogens is 181 g/mol. The first-order valence-electron chi connectivity index (χ1n) is 4.82. The number of hydrogen-bond acceptors (Lipinski definition) is 2. The van der Waals surface area contributed by atoms with Gasteiger partial charge in [-0.05, 0) is 43.1 Å². The Morgan fingerprint density at radius 2 is 2.29 bits per heavy atom. The molecule has 1 saturated heterocycles. The van der Waals surface area contributed by atoms with Crippen molar-refractivity contribution in [2.75, 3.05) is 20.2 Å². The first-order chi connectivity index (χ1) is 6.79. The third-order valence-corrected chi connectivity index (χ3v) is 2.61. The number of hydrogen-bond donors (Lipinski definition) is 1. The fraction of sp³-hybridized carbons (Fsp3) is 0.455. The van der Waals surface area contributed by atoms with Crippen LogP contribution in [-0.4, -0.2) is 20.2 Å². The third-order valence-electron chi connectivity index (χ3n) is 2.61. The summed E-state index contributed by atoms with van der Waals surface area (Å²) in [5.41, 5.74) is 1.05. The summed E-state index contributed by atoms with van der Waals surface area (Å²) < 4.78 is 18.1. The van der Waals surface area contributed by atoms with E-state index in [1.165, 1.54) is 7.11 Å². The zero-order chi connectivity index (χ0) is 9.97. The van der Waals surface area contributed by atoms with Gasteiger partial charge in [-0.25, -0.2) is 4.39 Å². The lowest BCUT2D eigenvalue weighted by atomic mass is 9.94. The number of ether oxygens (including phenoxy) is 1. The van der Waals surface area contributed by atoms with E-state index >= 15 is 0 Å². The Bertz CT molecular complexity index is 323. The van der Waals surface area contributed by atoms with Crippen LogP contribution in [0.3, 0.4) is 0 Å². The second-order valence-electron chi connectivity index (χ2n) is 3.70. The van der Waals surface area contributed by atoms with Crippen molar-refractivity contribution in [3.05, 3.63) is 29.6 Å². The van der Waals surface area contributed by atoms with Crippen LogP contribution in [0.1, 0.15) is 5.56 Å². The lowest BCUT2D eigenvalue weighted by Crippen LogP contribution is -2.43. The van der Waals surface area contributed by atoms with Crippen molar-refractivity contribution in [2.45, 2.75) is 6.42 Å². The quantitative estimate of drug-likeness (QED) is 0.791. The van der Waals surface area contributed by atoms with Crippen LogP contribution in [-0.2, 0) is 6.42 Å². The molecule has 0 saturated carbocycles.